The highest BCUT2D eigenvalue weighted by Gasteiger charge is 2.38. The number of rotatable bonds is 5. The van der Waals surface area contributed by atoms with Crippen LogP contribution in [0.4, 0.5) is 0 Å². The predicted octanol–water partition coefficient (Wildman–Crippen LogP) is 4.64. The van der Waals surface area contributed by atoms with Gasteiger partial charge in [0.15, 0.2) is 0 Å². The van der Waals surface area contributed by atoms with Gasteiger partial charge in [-0.1, -0.05) is 47.5 Å². The average molecular weight is 380 g/mol. The summed E-state index contributed by atoms with van der Waals surface area (Å²) in [7, 11) is 1.61. The largest absolute Gasteiger partial charge is 0.496 e. The van der Waals surface area contributed by atoms with Gasteiger partial charge in [0.2, 0.25) is 0 Å². The Morgan fingerprint density at radius 2 is 2.00 bits per heavy atom. The van der Waals surface area contributed by atoms with E-state index in [1.165, 1.54) is 0 Å². The molecule has 0 bridgehead atoms. The highest BCUT2D eigenvalue weighted by molar-refractivity contribution is 6.35. The van der Waals surface area contributed by atoms with Crippen LogP contribution in [0, 0.1) is 0 Å². The van der Waals surface area contributed by atoms with E-state index in [0.717, 1.165) is 17.5 Å². The van der Waals surface area contributed by atoms with Crippen LogP contribution in [0.2, 0.25) is 10.0 Å². The van der Waals surface area contributed by atoms with E-state index in [1.54, 1.807) is 19.2 Å². The van der Waals surface area contributed by atoms with E-state index < -0.39 is 12.0 Å². The quantitative estimate of drug-likeness (QED) is 0.821. The summed E-state index contributed by atoms with van der Waals surface area (Å²) in [6.45, 7) is 0.679. The third-order valence-electron chi connectivity index (χ3n) is 4.60. The Kier molecular flexibility index (Phi) is 5.52. The summed E-state index contributed by atoms with van der Waals surface area (Å²) in [6.07, 6.45) is 1.44. The molecule has 0 saturated carbocycles. The minimum atomic E-state index is -0.817. The van der Waals surface area contributed by atoms with Crippen molar-refractivity contribution in [2.75, 3.05) is 13.7 Å². The molecule has 132 valence electrons. The molecule has 0 aromatic heterocycles. The van der Waals surface area contributed by atoms with Gasteiger partial charge >= 0.3 is 5.97 Å². The maximum atomic E-state index is 11.7. The summed E-state index contributed by atoms with van der Waals surface area (Å²) >= 11 is 12.5. The van der Waals surface area contributed by atoms with Crippen molar-refractivity contribution in [3.05, 3.63) is 63.6 Å². The number of methoxy groups -OCH3 is 1. The van der Waals surface area contributed by atoms with Gasteiger partial charge in [-0.15, -0.1) is 0 Å². The number of carboxylic acid groups (broad SMARTS) is 1. The molecule has 25 heavy (non-hydrogen) atoms. The molecule has 1 N–H and O–H groups in total. The van der Waals surface area contributed by atoms with E-state index in [0.29, 0.717) is 28.8 Å². The molecule has 2 atom stereocenters. The van der Waals surface area contributed by atoms with Crippen LogP contribution in [0.5, 0.6) is 5.75 Å². The molecule has 0 amide bonds. The number of aliphatic carboxylic acids is 1. The SMILES string of the molecule is COc1ccccc1C(c1ccc(Cl)cc1Cl)N1CCCC1C(=O)O. The molecular weight excluding hydrogens is 361 g/mol. The van der Waals surface area contributed by atoms with Crippen molar-refractivity contribution in [1.82, 2.24) is 4.90 Å². The number of hydrogen-bond donors (Lipinski definition) is 1. The van der Waals surface area contributed by atoms with Crippen molar-refractivity contribution >= 4 is 29.2 Å². The number of halogens is 2. The van der Waals surface area contributed by atoms with Crippen molar-refractivity contribution in [1.29, 1.82) is 0 Å². The molecule has 2 aromatic rings. The van der Waals surface area contributed by atoms with E-state index >= 15 is 0 Å². The van der Waals surface area contributed by atoms with Crippen LogP contribution in [0.25, 0.3) is 0 Å². The second kappa shape index (κ2) is 7.65. The Labute approximate surface area is 156 Å². The molecule has 1 heterocycles. The van der Waals surface area contributed by atoms with E-state index in [2.05, 4.69) is 0 Å². The smallest absolute Gasteiger partial charge is 0.320 e. The molecule has 1 fully saturated rings. The normalized spacial score (nSPS) is 18.9. The van der Waals surface area contributed by atoms with Gasteiger partial charge in [-0.2, -0.15) is 0 Å². The molecule has 1 aliphatic rings. The number of nitrogens with zero attached hydrogens (tertiary/aromatic N) is 1. The van der Waals surface area contributed by atoms with E-state index in [9.17, 15) is 9.90 Å². The third kappa shape index (κ3) is 3.61. The van der Waals surface area contributed by atoms with Crippen LogP contribution < -0.4 is 4.74 Å². The van der Waals surface area contributed by atoms with E-state index in [4.69, 9.17) is 27.9 Å². The molecule has 0 radical (unpaired) electrons. The van der Waals surface area contributed by atoms with Gasteiger partial charge in [-0.05, 0) is 36.6 Å². The zero-order chi connectivity index (χ0) is 18.0. The lowest BCUT2D eigenvalue weighted by molar-refractivity contribution is -0.142. The van der Waals surface area contributed by atoms with Gasteiger partial charge in [0.05, 0.1) is 13.2 Å². The molecule has 6 heteroatoms. The summed E-state index contributed by atoms with van der Waals surface area (Å²) in [5.74, 6) is -0.114. The van der Waals surface area contributed by atoms with Crippen LogP contribution >= 0.6 is 23.2 Å². The second-order valence-electron chi connectivity index (χ2n) is 6.04. The molecule has 3 rings (SSSR count). The lowest BCUT2D eigenvalue weighted by Gasteiger charge is -2.33. The summed E-state index contributed by atoms with van der Waals surface area (Å²) < 4.78 is 5.52. The van der Waals surface area contributed by atoms with Gasteiger partial charge < -0.3 is 9.84 Å². The fraction of sp³-hybridized carbons (Fsp3) is 0.316. The first-order valence-corrected chi connectivity index (χ1v) is 8.85. The number of likely N-dealkylation sites (tertiary alicyclic amines) is 1. The Hall–Kier alpha value is -1.75. The average Bonchev–Trinajstić information content (AvgIpc) is 3.07. The Bertz CT molecular complexity index is 781. The summed E-state index contributed by atoms with van der Waals surface area (Å²) in [5.41, 5.74) is 1.71. The van der Waals surface area contributed by atoms with Crippen molar-refractivity contribution in [2.45, 2.75) is 24.9 Å². The highest BCUT2D eigenvalue weighted by atomic mass is 35.5. The lowest BCUT2D eigenvalue weighted by atomic mass is 9.95. The number of ether oxygens (including phenoxy) is 1. The molecule has 2 aromatic carbocycles. The third-order valence-corrected chi connectivity index (χ3v) is 5.16. The number of para-hydroxylation sites is 1. The van der Waals surface area contributed by atoms with Gasteiger partial charge in [0, 0.05) is 22.2 Å². The van der Waals surface area contributed by atoms with Crippen molar-refractivity contribution in [3.63, 3.8) is 0 Å². The van der Waals surface area contributed by atoms with Crippen LogP contribution in [-0.4, -0.2) is 35.7 Å². The summed E-state index contributed by atoms with van der Waals surface area (Å²) in [4.78, 5) is 13.7. The minimum absolute atomic E-state index is 0.315. The minimum Gasteiger partial charge on any atom is -0.496 e. The van der Waals surface area contributed by atoms with Crippen LogP contribution in [0.15, 0.2) is 42.5 Å². The Balaban J connectivity index is 2.16. The Morgan fingerprint density at radius 1 is 1.24 bits per heavy atom. The van der Waals surface area contributed by atoms with E-state index in [1.807, 2.05) is 35.2 Å². The standard InChI is InChI=1S/C19H19Cl2NO3/c1-25-17-7-3-2-5-14(17)18(13-9-8-12(20)11-15(13)21)22-10-4-6-16(22)19(23)24/h2-3,5,7-9,11,16,18H,4,6,10H2,1H3,(H,23,24). The van der Waals surface area contributed by atoms with Gasteiger partial charge in [0.25, 0.3) is 0 Å². The maximum Gasteiger partial charge on any atom is 0.320 e. The van der Waals surface area contributed by atoms with Crippen molar-refractivity contribution < 1.29 is 14.6 Å². The molecule has 1 aliphatic heterocycles. The molecule has 0 aliphatic carbocycles. The summed E-state index contributed by atoms with van der Waals surface area (Å²) in [6, 6.07) is 12.1. The van der Waals surface area contributed by atoms with Crippen LogP contribution in [0.3, 0.4) is 0 Å². The maximum absolute atomic E-state index is 11.7. The zero-order valence-electron chi connectivity index (χ0n) is 13.8. The van der Waals surface area contributed by atoms with Gasteiger partial charge in [-0.3, -0.25) is 9.69 Å². The monoisotopic (exact) mass is 379 g/mol. The highest BCUT2D eigenvalue weighted by Crippen LogP contribution is 2.41. The van der Waals surface area contributed by atoms with E-state index in [-0.39, 0.29) is 6.04 Å². The number of benzene rings is 2. The number of carbonyl (C=O) groups is 1. The second-order valence-corrected chi connectivity index (χ2v) is 6.89. The van der Waals surface area contributed by atoms with Crippen molar-refractivity contribution in [3.8, 4) is 5.75 Å². The van der Waals surface area contributed by atoms with Crippen molar-refractivity contribution in [2.24, 2.45) is 0 Å². The molecular formula is C19H19Cl2NO3. The predicted molar refractivity (Wildman–Crippen MR) is 98.7 cm³/mol. The topological polar surface area (TPSA) is 49.8 Å². The Morgan fingerprint density at radius 3 is 2.68 bits per heavy atom. The fourth-order valence-electron chi connectivity index (χ4n) is 3.50. The van der Waals surface area contributed by atoms with Gasteiger partial charge in [-0.25, -0.2) is 0 Å². The molecule has 2 unspecified atom stereocenters. The first-order valence-electron chi connectivity index (χ1n) is 8.09. The number of carboxylic acids is 1. The fourth-order valence-corrected chi connectivity index (χ4v) is 4.02. The lowest BCUT2D eigenvalue weighted by Crippen LogP contribution is -2.39. The first-order chi connectivity index (χ1) is 12.0. The molecule has 1 saturated heterocycles. The first kappa shape index (κ1) is 18.1. The summed E-state index contributed by atoms with van der Waals surface area (Å²) in [5, 5.41) is 10.7. The molecule has 0 spiro atoms. The zero-order valence-corrected chi connectivity index (χ0v) is 15.3. The van der Waals surface area contributed by atoms with Crippen LogP contribution in [0.1, 0.15) is 30.0 Å². The molecule has 4 nitrogen and oxygen atoms in total. The number of hydrogen-bond acceptors (Lipinski definition) is 3. The van der Waals surface area contributed by atoms with Crippen LogP contribution in [-0.2, 0) is 4.79 Å². The van der Waals surface area contributed by atoms with Gasteiger partial charge in [0.1, 0.15) is 11.8 Å².